The lowest BCUT2D eigenvalue weighted by molar-refractivity contribution is 0.111. The molecule has 0 saturated heterocycles. The molecule has 0 aliphatic heterocycles. The SMILES string of the molecule is CC(CCc1ccccc1)NC(=O)Nc1cccc(COCC2CC2)c1. The molecule has 0 aromatic heterocycles. The van der Waals surface area contributed by atoms with E-state index in [9.17, 15) is 4.79 Å². The summed E-state index contributed by atoms with van der Waals surface area (Å²) in [5, 5.41) is 5.92. The van der Waals surface area contributed by atoms with Gasteiger partial charge in [-0.1, -0.05) is 42.5 Å². The number of amides is 2. The lowest BCUT2D eigenvalue weighted by Gasteiger charge is -2.15. The second-order valence-corrected chi connectivity index (χ2v) is 7.18. The van der Waals surface area contributed by atoms with Crippen LogP contribution in [0.5, 0.6) is 0 Å². The van der Waals surface area contributed by atoms with Crippen molar-refractivity contribution in [1.82, 2.24) is 5.32 Å². The number of urea groups is 1. The monoisotopic (exact) mass is 352 g/mol. The first-order valence-electron chi connectivity index (χ1n) is 9.47. The highest BCUT2D eigenvalue weighted by atomic mass is 16.5. The van der Waals surface area contributed by atoms with E-state index in [4.69, 9.17) is 4.74 Å². The lowest BCUT2D eigenvalue weighted by atomic mass is 10.1. The number of carbonyl (C=O) groups excluding carboxylic acids is 1. The molecule has 1 aliphatic rings. The van der Waals surface area contributed by atoms with Crippen molar-refractivity contribution in [2.24, 2.45) is 5.92 Å². The van der Waals surface area contributed by atoms with Crippen LogP contribution in [0, 0.1) is 5.92 Å². The fourth-order valence-corrected chi connectivity index (χ4v) is 2.86. The van der Waals surface area contributed by atoms with Crippen molar-refractivity contribution in [3.63, 3.8) is 0 Å². The van der Waals surface area contributed by atoms with Crippen molar-refractivity contribution < 1.29 is 9.53 Å². The molecule has 1 saturated carbocycles. The molecule has 2 aromatic rings. The number of anilines is 1. The molecule has 0 bridgehead atoms. The molecule has 2 N–H and O–H groups in total. The molecule has 1 fully saturated rings. The second-order valence-electron chi connectivity index (χ2n) is 7.18. The molecular formula is C22H28N2O2. The first-order valence-corrected chi connectivity index (χ1v) is 9.47. The van der Waals surface area contributed by atoms with E-state index in [0.29, 0.717) is 6.61 Å². The molecule has 1 atom stereocenters. The highest BCUT2D eigenvalue weighted by Gasteiger charge is 2.21. The summed E-state index contributed by atoms with van der Waals surface area (Å²) in [5.41, 5.74) is 3.17. The van der Waals surface area contributed by atoms with Gasteiger partial charge in [0.05, 0.1) is 6.61 Å². The number of nitrogens with one attached hydrogen (secondary N) is 2. The molecule has 4 heteroatoms. The van der Waals surface area contributed by atoms with Gasteiger partial charge in [0, 0.05) is 18.3 Å². The summed E-state index contributed by atoms with van der Waals surface area (Å²) < 4.78 is 5.71. The minimum atomic E-state index is -0.165. The van der Waals surface area contributed by atoms with Gasteiger partial charge in [-0.05, 0) is 61.8 Å². The van der Waals surface area contributed by atoms with E-state index >= 15 is 0 Å². The normalized spacial score (nSPS) is 14.7. The molecule has 0 radical (unpaired) electrons. The largest absolute Gasteiger partial charge is 0.376 e. The average Bonchev–Trinajstić information content (AvgIpc) is 3.45. The Hall–Kier alpha value is -2.33. The predicted octanol–water partition coefficient (Wildman–Crippen LogP) is 4.76. The van der Waals surface area contributed by atoms with E-state index in [1.54, 1.807) is 0 Å². The average molecular weight is 352 g/mol. The van der Waals surface area contributed by atoms with E-state index in [2.05, 4.69) is 22.8 Å². The molecule has 0 heterocycles. The van der Waals surface area contributed by atoms with Crippen molar-refractivity contribution in [3.05, 3.63) is 65.7 Å². The minimum absolute atomic E-state index is 0.111. The number of rotatable bonds is 9. The van der Waals surface area contributed by atoms with E-state index in [-0.39, 0.29) is 12.1 Å². The maximum Gasteiger partial charge on any atom is 0.319 e. The molecule has 1 aliphatic carbocycles. The van der Waals surface area contributed by atoms with Crippen LogP contribution in [0.3, 0.4) is 0 Å². The van der Waals surface area contributed by atoms with Gasteiger partial charge in [-0.15, -0.1) is 0 Å². The number of hydrogen-bond donors (Lipinski definition) is 2. The van der Waals surface area contributed by atoms with Gasteiger partial charge in [-0.3, -0.25) is 0 Å². The molecule has 0 spiro atoms. The number of benzene rings is 2. The fourth-order valence-electron chi connectivity index (χ4n) is 2.86. The van der Waals surface area contributed by atoms with Crippen molar-refractivity contribution in [2.75, 3.05) is 11.9 Å². The predicted molar refractivity (Wildman–Crippen MR) is 105 cm³/mol. The van der Waals surface area contributed by atoms with Crippen LogP contribution in [0.2, 0.25) is 0 Å². The van der Waals surface area contributed by atoms with Crippen molar-refractivity contribution in [3.8, 4) is 0 Å². The van der Waals surface area contributed by atoms with Gasteiger partial charge in [0.15, 0.2) is 0 Å². The molecule has 2 aromatic carbocycles. The van der Waals surface area contributed by atoms with Crippen molar-refractivity contribution in [2.45, 2.75) is 45.3 Å². The molecule has 1 unspecified atom stereocenters. The van der Waals surface area contributed by atoms with Crippen LogP contribution in [0.4, 0.5) is 10.5 Å². The zero-order valence-corrected chi connectivity index (χ0v) is 15.4. The molecule has 26 heavy (non-hydrogen) atoms. The highest BCUT2D eigenvalue weighted by molar-refractivity contribution is 5.89. The number of carbonyl (C=O) groups is 1. The van der Waals surface area contributed by atoms with Gasteiger partial charge in [-0.25, -0.2) is 4.79 Å². The summed E-state index contributed by atoms with van der Waals surface area (Å²) in [6, 6.07) is 18.1. The Morgan fingerprint density at radius 1 is 1.12 bits per heavy atom. The molecule has 138 valence electrons. The number of aryl methyl sites for hydroxylation is 1. The first-order chi connectivity index (χ1) is 12.7. The van der Waals surface area contributed by atoms with Crippen molar-refractivity contribution in [1.29, 1.82) is 0 Å². The van der Waals surface area contributed by atoms with E-state index < -0.39 is 0 Å². The zero-order valence-electron chi connectivity index (χ0n) is 15.4. The Morgan fingerprint density at radius 2 is 1.88 bits per heavy atom. The van der Waals surface area contributed by atoms with E-state index in [1.807, 2.05) is 49.4 Å². The van der Waals surface area contributed by atoms with Crippen LogP contribution >= 0.6 is 0 Å². The maximum atomic E-state index is 12.2. The summed E-state index contributed by atoms with van der Waals surface area (Å²) >= 11 is 0. The third-order valence-electron chi connectivity index (χ3n) is 4.59. The summed E-state index contributed by atoms with van der Waals surface area (Å²) in [4.78, 5) is 12.2. The Labute approximate surface area is 156 Å². The van der Waals surface area contributed by atoms with Crippen molar-refractivity contribution >= 4 is 11.7 Å². The third-order valence-corrected chi connectivity index (χ3v) is 4.59. The second kappa shape index (κ2) is 9.39. The van der Waals surface area contributed by atoms with Gasteiger partial charge in [-0.2, -0.15) is 0 Å². The summed E-state index contributed by atoms with van der Waals surface area (Å²) in [7, 11) is 0. The molecule has 3 rings (SSSR count). The van der Waals surface area contributed by atoms with E-state index in [0.717, 1.165) is 36.6 Å². The smallest absolute Gasteiger partial charge is 0.319 e. The molecule has 4 nitrogen and oxygen atoms in total. The van der Waals surface area contributed by atoms with Crippen LogP contribution < -0.4 is 10.6 Å². The summed E-state index contributed by atoms with van der Waals surface area (Å²) in [5.74, 6) is 0.763. The summed E-state index contributed by atoms with van der Waals surface area (Å²) in [6.45, 7) is 3.48. The highest BCUT2D eigenvalue weighted by Crippen LogP contribution is 2.29. The standard InChI is InChI=1S/C22H28N2O2/c1-17(10-11-18-6-3-2-4-7-18)23-22(25)24-21-9-5-8-20(14-21)16-26-15-19-12-13-19/h2-9,14,17,19H,10-13,15-16H2,1H3,(H2,23,24,25). The third kappa shape index (κ3) is 6.52. The molecular weight excluding hydrogens is 324 g/mol. The van der Waals surface area contributed by atoms with E-state index in [1.165, 1.54) is 18.4 Å². The van der Waals surface area contributed by atoms with Crippen LogP contribution in [0.25, 0.3) is 0 Å². The van der Waals surface area contributed by atoms with Crippen LogP contribution in [-0.2, 0) is 17.8 Å². The quantitative estimate of drug-likeness (QED) is 0.684. The Morgan fingerprint density at radius 3 is 2.65 bits per heavy atom. The van der Waals surface area contributed by atoms with Crippen LogP contribution in [-0.4, -0.2) is 18.7 Å². The van der Waals surface area contributed by atoms with Crippen LogP contribution in [0.15, 0.2) is 54.6 Å². The summed E-state index contributed by atoms with van der Waals surface area (Å²) in [6.07, 6.45) is 4.46. The molecule has 2 amide bonds. The van der Waals surface area contributed by atoms with Crippen LogP contribution in [0.1, 0.15) is 37.3 Å². The van der Waals surface area contributed by atoms with Gasteiger partial charge < -0.3 is 15.4 Å². The Bertz CT molecular complexity index is 698. The number of hydrogen-bond acceptors (Lipinski definition) is 2. The topological polar surface area (TPSA) is 50.4 Å². The number of ether oxygens (including phenoxy) is 1. The minimum Gasteiger partial charge on any atom is -0.376 e. The Kier molecular flexibility index (Phi) is 6.67. The maximum absolute atomic E-state index is 12.2. The first kappa shape index (κ1) is 18.5. The lowest BCUT2D eigenvalue weighted by Crippen LogP contribution is -2.36. The van der Waals surface area contributed by atoms with Gasteiger partial charge in [0.1, 0.15) is 0 Å². The van der Waals surface area contributed by atoms with Gasteiger partial charge in [0.25, 0.3) is 0 Å². The Balaban J connectivity index is 1.40. The zero-order chi connectivity index (χ0) is 18.2. The van der Waals surface area contributed by atoms with Gasteiger partial charge in [0.2, 0.25) is 0 Å². The fraction of sp³-hybridized carbons (Fsp3) is 0.409. The van der Waals surface area contributed by atoms with Gasteiger partial charge >= 0.3 is 6.03 Å².